The van der Waals surface area contributed by atoms with E-state index in [4.69, 9.17) is 5.26 Å². The number of rotatable bonds is 2. The van der Waals surface area contributed by atoms with Crippen LogP contribution in [0, 0.1) is 17.1 Å². The third kappa shape index (κ3) is 3.52. The van der Waals surface area contributed by atoms with E-state index < -0.39 is 23.1 Å². The maximum atomic E-state index is 13.0. The van der Waals surface area contributed by atoms with Crippen molar-refractivity contribution in [3.63, 3.8) is 0 Å². The molecular formula is C14H7BrF4N2. The van der Waals surface area contributed by atoms with Crippen molar-refractivity contribution in [3.05, 3.63) is 57.8 Å². The average molecular weight is 359 g/mol. The summed E-state index contributed by atoms with van der Waals surface area (Å²) in [6.07, 6.45) is -4.58. The fraction of sp³-hybridized carbons (Fsp3) is 0.0714. The van der Waals surface area contributed by atoms with Gasteiger partial charge in [-0.2, -0.15) is 18.4 Å². The highest BCUT2D eigenvalue weighted by atomic mass is 79.9. The van der Waals surface area contributed by atoms with Gasteiger partial charge >= 0.3 is 6.18 Å². The predicted molar refractivity (Wildman–Crippen MR) is 73.5 cm³/mol. The first kappa shape index (κ1) is 15.3. The van der Waals surface area contributed by atoms with E-state index in [1.54, 1.807) is 0 Å². The average Bonchev–Trinajstić information content (AvgIpc) is 2.40. The second-order valence-corrected chi connectivity index (χ2v) is 4.97. The van der Waals surface area contributed by atoms with Gasteiger partial charge in [-0.1, -0.05) is 0 Å². The van der Waals surface area contributed by atoms with E-state index in [2.05, 4.69) is 21.2 Å². The molecule has 108 valence electrons. The molecular weight excluding hydrogens is 352 g/mol. The molecule has 0 radical (unpaired) electrons. The third-order valence-corrected chi connectivity index (χ3v) is 3.31. The van der Waals surface area contributed by atoms with Gasteiger partial charge in [-0.05, 0) is 52.3 Å². The largest absolute Gasteiger partial charge is 0.417 e. The topological polar surface area (TPSA) is 35.8 Å². The molecule has 1 N–H and O–H groups in total. The first-order valence-electron chi connectivity index (χ1n) is 5.64. The number of hydrogen-bond donors (Lipinski definition) is 1. The summed E-state index contributed by atoms with van der Waals surface area (Å²) >= 11 is 3.14. The number of nitriles is 1. The smallest absolute Gasteiger partial charge is 0.355 e. The van der Waals surface area contributed by atoms with Gasteiger partial charge < -0.3 is 5.32 Å². The lowest BCUT2D eigenvalue weighted by molar-refractivity contribution is -0.137. The van der Waals surface area contributed by atoms with Crippen LogP contribution >= 0.6 is 15.9 Å². The number of benzene rings is 2. The number of nitrogens with zero attached hydrogens (tertiary/aromatic N) is 1. The number of nitrogens with one attached hydrogen (secondary N) is 1. The lowest BCUT2D eigenvalue weighted by Gasteiger charge is -2.12. The minimum atomic E-state index is -4.58. The molecule has 2 rings (SSSR count). The Labute approximate surface area is 126 Å². The maximum absolute atomic E-state index is 13.0. The molecule has 0 heterocycles. The van der Waals surface area contributed by atoms with Crippen LogP contribution in [0.4, 0.5) is 28.9 Å². The summed E-state index contributed by atoms with van der Waals surface area (Å²) < 4.78 is 51.4. The van der Waals surface area contributed by atoms with Gasteiger partial charge in [-0.3, -0.25) is 0 Å². The molecule has 0 aliphatic heterocycles. The Kier molecular flexibility index (Phi) is 4.19. The van der Waals surface area contributed by atoms with Crippen molar-refractivity contribution in [3.8, 4) is 6.07 Å². The monoisotopic (exact) mass is 358 g/mol. The molecule has 0 spiro atoms. The van der Waals surface area contributed by atoms with Crippen molar-refractivity contribution >= 4 is 27.3 Å². The molecule has 0 aliphatic carbocycles. The molecule has 21 heavy (non-hydrogen) atoms. The fourth-order valence-corrected chi connectivity index (χ4v) is 2.16. The lowest BCUT2D eigenvalue weighted by Crippen LogP contribution is -2.08. The quantitative estimate of drug-likeness (QED) is 0.746. The van der Waals surface area contributed by atoms with Gasteiger partial charge in [-0.15, -0.1) is 0 Å². The van der Waals surface area contributed by atoms with Gasteiger partial charge in [-0.25, -0.2) is 4.39 Å². The molecule has 2 nitrogen and oxygen atoms in total. The summed E-state index contributed by atoms with van der Waals surface area (Å²) in [5.74, 6) is -0.447. The first-order valence-corrected chi connectivity index (χ1v) is 6.44. The zero-order valence-electron chi connectivity index (χ0n) is 10.3. The Morgan fingerprint density at radius 3 is 2.38 bits per heavy atom. The second kappa shape index (κ2) is 5.74. The zero-order valence-corrected chi connectivity index (χ0v) is 11.9. The van der Waals surface area contributed by atoms with Crippen molar-refractivity contribution < 1.29 is 17.6 Å². The van der Waals surface area contributed by atoms with E-state index >= 15 is 0 Å². The van der Waals surface area contributed by atoms with Crippen molar-refractivity contribution in [2.45, 2.75) is 6.18 Å². The van der Waals surface area contributed by atoms with Gasteiger partial charge in [0.1, 0.15) is 5.82 Å². The van der Waals surface area contributed by atoms with E-state index in [-0.39, 0.29) is 0 Å². The van der Waals surface area contributed by atoms with Crippen molar-refractivity contribution in [2.24, 2.45) is 0 Å². The molecule has 2 aromatic rings. The number of alkyl halides is 3. The summed E-state index contributed by atoms with van der Waals surface area (Å²) in [4.78, 5) is 0. The van der Waals surface area contributed by atoms with E-state index in [9.17, 15) is 17.6 Å². The molecule has 0 aliphatic rings. The van der Waals surface area contributed by atoms with Gasteiger partial charge in [0.15, 0.2) is 0 Å². The van der Waals surface area contributed by atoms with E-state index in [0.717, 1.165) is 12.1 Å². The molecule has 0 unspecified atom stereocenters. The first-order chi connectivity index (χ1) is 9.81. The molecule has 0 fully saturated rings. The Morgan fingerprint density at radius 1 is 1.10 bits per heavy atom. The summed E-state index contributed by atoms with van der Waals surface area (Å²) in [7, 11) is 0. The highest BCUT2D eigenvalue weighted by Gasteiger charge is 2.33. The predicted octanol–water partition coefficient (Wildman–Crippen LogP) is 5.22. The normalized spacial score (nSPS) is 11.0. The standard InChI is InChI=1S/C14H7BrF4N2/c15-12-6-9(16)1-4-13(12)21-10-2-3-11(14(17,18)19)8(5-10)7-20/h1-6,21H. The van der Waals surface area contributed by atoms with Crippen LogP contribution in [0.5, 0.6) is 0 Å². The molecule has 0 aromatic heterocycles. The molecule has 2 aromatic carbocycles. The van der Waals surface area contributed by atoms with E-state index in [1.807, 2.05) is 0 Å². The molecule has 0 atom stereocenters. The fourth-order valence-electron chi connectivity index (χ4n) is 1.71. The van der Waals surface area contributed by atoms with Crippen LogP contribution in [0.1, 0.15) is 11.1 Å². The number of halogens is 5. The van der Waals surface area contributed by atoms with Crippen LogP contribution in [0.15, 0.2) is 40.9 Å². The Balaban J connectivity index is 2.36. The zero-order chi connectivity index (χ0) is 15.6. The van der Waals surface area contributed by atoms with Gasteiger partial charge in [0, 0.05) is 10.2 Å². The maximum Gasteiger partial charge on any atom is 0.417 e. The highest BCUT2D eigenvalue weighted by molar-refractivity contribution is 9.10. The van der Waals surface area contributed by atoms with Gasteiger partial charge in [0.25, 0.3) is 0 Å². The molecule has 0 saturated carbocycles. The highest BCUT2D eigenvalue weighted by Crippen LogP contribution is 2.34. The minimum Gasteiger partial charge on any atom is -0.355 e. The van der Waals surface area contributed by atoms with E-state index in [1.165, 1.54) is 30.3 Å². The SMILES string of the molecule is N#Cc1cc(Nc2ccc(F)cc2Br)ccc1C(F)(F)F. The van der Waals surface area contributed by atoms with Crippen molar-refractivity contribution in [1.82, 2.24) is 0 Å². The molecule has 0 amide bonds. The Bertz CT molecular complexity index is 720. The van der Waals surface area contributed by atoms with Crippen LogP contribution in [-0.2, 0) is 6.18 Å². The van der Waals surface area contributed by atoms with Crippen LogP contribution in [0.25, 0.3) is 0 Å². The molecule has 7 heteroatoms. The lowest BCUT2D eigenvalue weighted by atomic mass is 10.1. The van der Waals surface area contributed by atoms with Gasteiger partial charge in [0.2, 0.25) is 0 Å². The summed E-state index contributed by atoms with van der Waals surface area (Å²) in [6.45, 7) is 0. The summed E-state index contributed by atoms with van der Waals surface area (Å²) in [5, 5.41) is 11.6. The van der Waals surface area contributed by atoms with Crippen molar-refractivity contribution in [2.75, 3.05) is 5.32 Å². The third-order valence-electron chi connectivity index (χ3n) is 2.66. The molecule has 0 bridgehead atoms. The van der Waals surface area contributed by atoms with Crippen LogP contribution in [0.2, 0.25) is 0 Å². The number of hydrogen-bond acceptors (Lipinski definition) is 2. The second-order valence-electron chi connectivity index (χ2n) is 4.12. The molecule has 0 saturated heterocycles. The van der Waals surface area contributed by atoms with Crippen LogP contribution in [0.3, 0.4) is 0 Å². The van der Waals surface area contributed by atoms with E-state index in [0.29, 0.717) is 15.8 Å². The Hall–Kier alpha value is -2.07. The van der Waals surface area contributed by atoms with Crippen LogP contribution in [-0.4, -0.2) is 0 Å². The van der Waals surface area contributed by atoms with Crippen LogP contribution < -0.4 is 5.32 Å². The van der Waals surface area contributed by atoms with Crippen molar-refractivity contribution in [1.29, 1.82) is 5.26 Å². The minimum absolute atomic E-state index is 0.298. The van der Waals surface area contributed by atoms with Gasteiger partial charge in [0.05, 0.1) is 22.9 Å². The summed E-state index contributed by atoms with van der Waals surface area (Å²) in [5.41, 5.74) is -0.702. The summed E-state index contributed by atoms with van der Waals surface area (Å²) in [6, 6.07) is 8.52. The number of anilines is 2. The Morgan fingerprint density at radius 2 is 1.81 bits per heavy atom.